The molecule has 0 aromatic carbocycles. The number of pyridine rings is 2. The van der Waals surface area contributed by atoms with E-state index in [9.17, 15) is 4.79 Å². The number of methoxy groups -OCH3 is 1. The van der Waals surface area contributed by atoms with Crippen LogP contribution in [0.2, 0.25) is 0 Å². The van der Waals surface area contributed by atoms with Crippen molar-refractivity contribution in [3.05, 3.63) is 30.6 Å². The second kappa shape index (κ2) is 7.60. The first kappa shape index (κ1) is 18.9. The highest BCUT2D eigenvalue weighted by molar-refractivity contribution is 5.99. The maximum Gasteiger partial charge on any atom is 0.228 e. The van der Waals surface area contributed by atoms with Gasteiger partial charge in [-0.2, -0.15) is 0 Å². The quantitative estimate of drug-likeness (QED) is 0.531. The fourth-order valence-electron chi connectivity index (χ4n) is 3.85. The first-order chi connectivity index (χ1) is 14.7. The van der Waals surface area contributed by atoms with E-state index in [1.807, 2.05) is 31.4 Å². The number of amides is 1. The highest BCUT2D eigenvalue weighted by Crippen LogP contribution is 2.42. The van der Waals surface area contributed by atoms with E-state index in [1.54, 1.807) is 13.3 Å². The molecule has 2 aliphatic carbocycles. The van der Waals surface area contributed by atoms with Crippen LogP contribution in [0.15, 0.2) is 30.6 Å². The molecule has 2 atom stereocenters. The number of fused-ring (bicyclic) bond motifs is 1. The van der Waals surface area contributed by atoms with Gasteiger partial charge in [0.15, 0.2) is 0 Å². The van der Waals surface area contributed by atoms with Crippen LogP contribution < -0.4 is 20.1 Å². The third-order valence-corrected chi connectivity index (χ3v) is 5.67. The summed E-state index contributed by atoms with van der Waals surface area (Å²) in [7, 11) is 3.51. The van der Waals surface area contributed by atoms with Crippen molar-refractivity contribution in [2.45, 2.75) is 25.4 Å². The molecule has 3 N–H and O–H groups in total. The summed E-state index contributed by atoms with van der Waals surface area (Å²) < 4.78 is 11.6. The van der Waals surface area contributed by atoms with Gasteiger partial charge in [0.1, 0.15) is 17.2 Å². The minimum atomic E-state index is 0.0305. The molecular weight excluding hydrogens is 382 g/mol. The van der Waals surface area contributed by atoms with Crippen molar-refractivity contribution < 1.29 is 14.3 Å². The monoisotopic (exact) mass is 407 g/mol. The summed E-state index contributed by atoms with van der Waals surface area (Å²) in [5.41, 5.74) is 2.41. The molecule has 156 valence electrons. The Morgan fingerprint density at radius 2 is 2.17 bits per heavy atom. The van der Waals surface area contributed by atoms with Gasteiger partial charge >= 0.3 is 0 Å². The first-order valence-electron chi connectivity index (χ1n) is 10.3. The van der Waals surface area contributed by atoms with Crippen molar-refractivity contribution >= 4 is 22.8 Å². The molecule has 3 aromatic heterocycles. The van der Waals surface area contributed by atoms with Crippen molar-refractivity contribution in [2.24, 2.45) is 11.8 Å². The Kier molecular flexibility index (Phi) is 4.78. The molecule has 0 spiro atoms. The number of anilines is 1. The molecule has 3 aromatic rings. The average Bonchev–Trinajstić information content (AvgIpc) is 3.67. The normalized spacial score (nSPS) is 20.2. The lowest BCUT2D eigenvalue weighted by Crippen LogP contribution is -2.18. The van der Waals surface area contributed by atoms with Crippen LogP contribution >= 0.6 is 0 Å². The van der Waals surface area contributed by atoms with Gasteiger partial charge in [0, 0.05) is 29.3 Å². The minimum Gasteiger partial charge on any atom is -0.490 e. The van der Waals surface area contributed by atoms with Gasteiger partial charge in [0.05, 0.1) is 18.8 Å². The molecule has 0 aliphatic heterocycles. The number of carbonyl (C=O) groups is 1. The van der Waals surface area contributed by atoms with Gasteiger partial charge < -0.3 is 25.1 Å². The fraction of sp³-hybridized carbons (Fsp3) is 0.409. The summed E-state index contributed by atoms with van der Waals surface area (Å²) in [5, 5.41) is 6.98. The van der Waals surface area contributed by atoms with Crippen LogP contribution in [0.5, 0.6) is 11.6 Å². The van der Waals surface area contributed by atoms with Crippen LogP contribution in [-0.2, 0) is 4.79 Å². The molecule has 0 bridgehead atoms. The maximum atomic E-state index is 12.4. The number of aromatic amines is 1. The highest BCUT2D eigenvalue weighted by Gasteiger charge is 2.42. The standard InChI is InChI=1S/C22H25N5O3/c1-23-10-12-9-15(12)21(28)27-18-6-5-14-16(11-25-20(14)26-18)19-17(30-13-3-4-13)7-8-24-22(19)29-2/h5-8,11-13,15,23H,3-4,9-10H2,1-2H3,(H2,25,26,27,28)/t12-,15+/m1/s1. The van der Waals surface area contributed by atoms with Crippen molar-refractivity contribution in [3.63, 3.8) is 0 Å². The molecule has 30 heavy (non-hydrogen) atoms. The predicted molar refractivity (Wildman–Crippen MR) is 114 cm³/mol. The maximum absolute atomic E-state index is 12.4. The molecule has 5 rings (SSSR count). The lowest BCUT2D eigenvalue weighted by atomic mass is 10.1. The molecule has 2 aliphatic rings. The number of ether oxygens (including phenoxy) is 2. The third kappa shape index (κ3) is 3.59. The van der Waals surface area contributed by atoms with Crippen molar-refractivity contribution in [1.29, 1.82) is 0 Å². The summed E-state index contributed by atoms with van der Waals surface area (Å²) in [6, 6.07) is 5.65. The van der Waals surface area contributed by atoms with Gasteiger partial charge in [-0.05, 0) is 57.0 Å². The van der Waals surface area contributed by atoms with E-state index in [4.69, 9.17) is 9.47 Å². The van der Waals surface area contributed by atoms with E-state index in [0.717, 1.165) is 48.1 Å². The summed E-state index contributed by atoms with van der Waals surface area (Å²) in [6.45, 7) is 0.864. The summed E-state index contributed by atoms with van der Waals surface area (Å²) in [5.74, 6) is 2.32. The second-order valence-corrected chi connectivity index (χ2v) is 7.95. The summed E-state index contributed by atoms with van der Waals surface area (Å²) in [4.78, 5) is 24.6. The Morgan fingerprint density at radius 1 is 1.30 bits per heavy atom. The lowest BCUT2D eigenvalue weighted by molar-refractivity contribution is -0.117. The zero-order valence-electron chi connectivity index (χ0n) is 17.1. The molecule has 8 nitrogen and oxygen atoms in total. The molecular formula is C22H25N5O3. The number of nitrogens with one attached hydrogen (secondary N) is 3. The Bertz CT molecular complexity index is 1090. The fourth-order valence-corrected chi connectivity index (χ4v) is 3.85. The van der Waals surface area contributed by atoms with Crippen LogP contribution in [0.3, 0.4) is 0 Å². The molecule has 3 heterocycles. The van der Waals surface area contributed by atoms with Crippen molar-refractivity contribution in [3.8, 4) is 22.8 Å². The Hall–Kier alpha value is -3.13. The molecule has 1 amide bonds. The number of hydrogen-bond donors (Lipinski definition) is 3. The number of hydrogen-bond acceptors (Lipinski definition) is 6. The van der Waals surface area contributed by atoms with Crippen LogP contribution in [0, 0.1) is 11.8 Å². The smallest absolute Gasteiger partial charge is 0.228 e. The van der Waals surface area contributed by atoms with Crippen molar-refractivity contribution in [1.82, 2.24) is 20.3 Å². The van der Waals surface area contributed by atoms with Gasteiger partial charge in [-0.15, -0.1) is 0 Å². The van der Waals surface area contributed by atoms with Gasteiger partial charge in [-0.3, -0.25) is 4.79 Å². The van der Waals surface area contributed by atoms with Crippen LogP contribution in [0.25, 0.3) is 22.2 Å². The number of H-pyrrole nitrogens is 1. The largest absolute Gasteiger partial charge is 0.490 e. The van der Waals surface area contributed by atoms with Gasteiger partial charge in [-0.25, -0.2) is 9.97 Å². The Balaban J connectivity index is 1.43. The molecule has 2 saturated carbocycles. The lowest BCUT2D eigenvalue weighted by Gasteiger charge is -2.13. The van der Waals surface area contributed by atoms with Gasteiger partial charge in [0.25, 0.3) is 0 Å². The first-order valence-corrected chi connectivity index (χ1v) is 10.3. The number of aromatic nitrogens is 3. The minimum absolute atomic E-state index is 0.0305. The van der Waals surface area contributed by atoms with Crippen LogP contribution in [0.4, 0.5) is 5.82 Å². The summed E-state index contributed by atoms with van der Waals surface area (Å²) in [6.07, 6.45) is 6.89. The number of rotatable bonds is 8. The zero-order chi connectivity index (χ0) is 20.7. The third-order valence-electron chi connectivity index (χ3n) is 5.67. The number of carbonyl (C=O) groups excluding carboxylic acids is 1. The van der Waals surface area contributed by atoms with Gasteiger partial charge in [-0.1, -0.05) is 0 Å². The van der Waals surface area contributed by atoms with Gasteiger partial charge in [0.2, 0.25) is 11.8 Å². The van der Waals surface area contributed by atoms with E-state index in [0.29, 0.717) is 23.3 Å². The second-order valence-electron chi connectivity index (χ2n) is 7.95. The highest BCUT2D eigenvalue weighted by atomic mass is 16.5. The zero-order valence-corrected chi connectivity index (χ0v) is 17.1. The molecule has 8 heteroatoms. The molecule has 0 unspecified atom stereocenters. The van der Waals surface area contributed by atoms with Crippen LogP contribution in [0.1, 0.15) is 19.3 Å². The molecule has 0 radical (unpaired) electrons. The topological polar surface area (TPSA) is 101 Å². The summed E-state index contributed by atoms with van der Waals surface area (Å²) >= 11 is 0. The van der Waals surface area contributed by atoms with E-state index >= 15 is 0 Å². The molecule has 0 saturated heterocycles. The SMILES string of the molecule is CNC[C@H]1C[C@@H]1C(=O)Nc1ccc2c(-c3c(OC4CC4)ccnc3OC)c[nH]c2n1. The van der Waals surface area contributed by atoms with E-state index in [2.05, 4.69) is 25.6 Å². The predicted octanol–water partition coefficient (Wildman–Crippen LogP) is 2.97. The number of nitrogens with zero attached hydrogens (tertiary/aromatic N) is 2. The van der Waals surface area contributed by atoms with E-state index in [1.165, 1.54) is 0 Å². The molecule has 2 fully saturated rings. The Morgan fingerprint density at radius 3 is 2.93 bits per heavy atom. The Labute approximate surface area is 174 Å². The van der Waals surface area contributed by atoms with Crippen LogP contribution in [-0.4, -0.2) is 47.7 Å². The van der Waals surface area contributed by atoms with Crippen molar-refractivity contribution in [2.75, 3.05) is 26.0 Å². The van der Waals surface area contributed by atoms with E-state index < -0.39 is 0 Å². The van der Waals surface area contributed by atoms with E-state index in [-0.39, 0.29) is 17.9 Å². The average molecular weight is 407 g/mol.